The highest BCUT2D eigenvalue weighted by Gasteiger charge is 2.40. The highest BCUT2D eigenvalue weighted by atomic mass is 32.2. The third-order valence-corrected chi connectivity index (χ3v) is 20.8. The molecule has 0 aliphatic carbocycles. The largest absolute Gasteiger partial charge is 0.414 e. The SMILES string of the molecule is CO[C@@H](C[C@H](CC[C@@H](C)C1SCCS1)O[Si](C)(C)C(C)(C)C)/C(C)=C/CO[Si](C)(C)C(C)(C)C. The van der Waals surface area contributed by atoms with Gasteiger partial charge in [0.25, 0.3) is 0 Å². The predicted molar refractivity (Wildman–Crippen MR) is 161 cm³/mol. The number of hydrogen-bond acceptors (Lipinski definition) is 5. The van der Waals surface area contributed by atoms with Crippen molar-refractivity contribution in [2.75, 3.05) is 25.2 Å². The molecule has 34 heavy (non-hydrogen) atoms. The van der Waals surface area contributed by atoms with Crippen molar-refractivity contribution in [3.8, 4) is 0 Å². The molecule has 1 aliphatic heterocycles. The lowest BCUT2D eigenvalue weighted by molar-refractivity contribution is 0.0639. The molecule has 0 aromatic rings. The molecule has 1 rings (SSSR count). The molecule has 1 fully saturated rings. The van der Waals surface area contributed by atoms with E-state index in [0.29, 0.717) is 6.61 Å². The Morgan fingerprint density at radius 1 is 0.941 bits per heavy atom. The van der Waals surface area contributed by atoms with Gasteiger partial charge in [-0.05, 0) is 67.5 Å². The molecular weight excluding hydrogens is 493 g/mol. The van der Waals surface area contributed by atoms with Gasteiger partial charge in [-0.25, -0.2) is 0 Å². The van der Waals surface area contributed by atoms with Gasteiger partial charge in [0.1, 0.15) is 0 Å². The summed E-state index contributed by atoms with van der Waals surface area (Å²) in [5.74, 6) is 3.32. The van der Waals surface area contributed by atoms with E-state index in [1.54, 1.807) is 0 Å². The quantitative estimate of drug-likeness (QED) is 0.169. The van der Waals surface area contributed by atoms with Crippen LogP contribution in [0, 0.1) is 5.92 Å². The maximum atomic E-state index is 7.00. The molecule has 1 aliphatic rings. The van der Waals surface area contributed by atoms with Gasteiger partial charge in [-0.2, -0.15) is 0 Å². The average molecular weight is 549 g/mol. The average Bonchev–Trinajstić information content (AvgIpc) is 3.22. The van der Waals surface area contributed by atoms with Crippen LogP contribution in [0.5, 0.6) is 0 Å². The molecule has 3 nitrogen and oxygen atoms in total. The third kappa shape index (κ3) is 10.3. The Kier molecular flexibility index (Phi) is 13.0. The Labute approximate surface area is 223 Å². The van der Waals surface area contributed by atoms with Crippen LogP contribution in [0.4, 0.5) is 0 Å². The minimum atomic E-state index is -1.86. The number of ether oxygens (including phenoxy) is 1. The van der Waals surface area contributed by atoms with Crippen molar-refractivity contribution in [3.63, 3.8) is 0 Å². The van der Waals surface area contributed by atoms with Crippen LogP contribution in [0.15, 0.2) is 11.6 Å². The summed E-state index contributed by atoms with van der Waals surface area (Å²) in [6.07, 6.45) is 5.80. The van der Waals surface area contributed by atoms with Crippen molar-refractivity contribution >= 4 is 40.2 Å². The lowest BCUT2D eigenvalue weighted by Gasteiger charge is -2.40. The second-order valence-corrected chi connectivity index (χ2v) is 25.5. The van der Waals surface area contributed by atoms with Crippen LogP contribution in [0.25, 0.3) is 0 Å². The molecule has 0 radical (unpaired) electrons. The van der Waals surface area contributed by atoms with E-state index in [-0.39, 0.29) is 22.3 Å². The van der Waals surface area contributed by atoms with Gasteiger partial charge in [0, 0.05) is 31.1 Å². The van der Waals surface area contributed by atoms with E-state index < -0.39 is 16.6 Å². The summed E-state index contributed by atoms with van der Waals surface area (Å²) in [5, 5.41) is 0.433. The van der Waals surface area contributed by atoms with Gasteiger partial charge >= 0.3 is 0 Å². The first-order valence-corrected chi connectivity index (χ1v) is 21.1. The Morgan fingerprint density at radius 3 is 1.94 bits per heavy atom. The normalized spacial score (nSPS) is 20.0. The van der Waals surface area contributed by atoms with Crippen LogP contribution in [0.3, 0.4) is 0 Å². The Morgan fingerprint density at radius 2 is 1.47 bits per heavy atom. The summed E-state index contributed by atoms with van der Waals surface area (Å²) in [5.41, 5.74) is 1.26. The van der Waals surface area contributed by atoms with Gasteiger partial charge in [0.15, 0.2) is 16.6 Å². The van der Waals surface area contributed by atoms with Crippen molar-refractivity contribution in [2.24, 2.45) is 5.92 Å². The molecule has 7 heteroatoms. The molecule has 1 heterocycles. The maximum absolute atomic E-state index is 7.00. The number of rotatable bonds is 13. The lowest BCUT2D eigenvalue weighted by Crippen LogP contribution is -2.45. The van der Waals surface area contributed by atoms with Crippen molar-refractivity contribution in [3.05, 3.63) is 11.6 Å². The van der Waals surface area contributed by atoms with Gasteiger partial charge in [0.2, 0.25) is 0 Å². The molecule has 0 N–H and O–H groups in total. The van der Waals surface area contributed by atoms with Crippen LogP contribution in [-0.4, -0.2) is 58.6 Å². The molecule has 3 atom stereocenters. The van der Waals surface area contributed by atoms with Crippen molar-refractivity contribution in [1.29, 1.82) is 0 Å². The van der Waals surface area contributed by atoms with E-state index in [1.165, 1.54) is 23.5 Å². The van der Waals surface area contributed by atoms with Gasteiger partial charge in [0.05, 0.1) is 17.3 Å². The monoisotopic (exact) mass is 548 g/mol. The maximum Gasteiger partial charge on any atom is 0.192 e. The van der Waals surface area contributed by atoms with Crippen LogP contribution in [-0.2, 0) is 13.6 Å². The summed E-state index contributed by atoms with van der Waals surface area (Å²) >= 11 is 4.28. The van der Waals surface area contributed by atoms with E-state index in [2.05, 4.69) is 111 Å². The predicted octanol–water partition coefficient (Wildman–Crippen LogP) is 8.97. The first kappa shape index (κ1) is 32.8. The van der Waals surface area contributed by atoms with E-state index in [1.807, 2.05) is 7.11 Å². The zero-order valence-electron chi connectivity index (χ0n) is 24.7. The van der Waals surface area contributed by atoms with Crippen molar-refractivity contribution < 1.29 is 13.6 Å². The zero-order chi connectivity index (χ0) is 26.4. The first-order valence-electron chi connectivity index (χ1n) is 13.2. The zero-order valence-corrected chi connectivity index (χ0v) is 28.3. The molecule has 0 amide bonds. The Bertz CT molecular complexity index is 633. The molecule has 0 aromatic heterocycles. The summed E-state index contributed by atoms with van der Waals surface area (Å²) in [4.78, 5) is 0. The minimum Gasteiger partial charge on any atom is -0.414 e. The fourth-order valence-electron chi connectivity index (χ4n) is 3.54. The standard InChI is InChI=1S/C27H56O3S2Si2/c1-21(16-17-29-33(10,11)26(3,4)5)24(28-9)20-23(30-34(12,13)27(6,7)8)15-14-22(2)25-31-18-19-32-25/h16,22-25H,14-15,17-20H2,1-13H3/b21-16+/t22-,23+,24+/m1/s1. The van der Waals surface area contributed by atoms with Crippen LogP contribution < -0.4 is 0 Å². The number of methoxy groups -OCH3 is 1. The molecule has 1 saturated heterocycles. The molecule has 0 spiro atoms. The van der Waals surface area contributed by atoms with Gasteiger partial charge in [-0.15, -0.1) is 23.5 Å². The van der Waals surface area contributed by atoms with E-state index in [4.69, 9.17) is 13.6 Å². The fraction of sp³-hybridized carbons (Fsp3) is 0.926. The molecule has 0 bridgehead atoms. The van der Waals surface area contributed by atoms with Crippen molar-refractivity contribution in [1.82, 2.24) is 0 Å². The molecular formula is C27H56O3S2Si2. The van der Waals surface area contributed by atoms with Crippen molar-refractivity contribution in [2.45, 2.75) is 128 Å². The highest BCUT2D eigenvalue weighted by molar-refractivity contribution is 8.20. The first-order chi connectivity index (χ1) is 15.4. The van der Waals surface area contributed by atoms with Crippen LogP contribution in [0.1, 0.15) is 74.7 Å². The summed E-state index contributed by atoms with van der Waals surface area (Å²) in [7, 11) is -1.77. The van der Waals surface area contributed by atoms with E-state index >= 15 is 0 Å². The van der Waals surface area contributed by atoms with Gasteiger partial charge in [-0.3, -0.25) is 0 Å². The fourth-order valence-corrected chi connectivity index (χ4v) is 9.00. The van der Waals surface area contributed by atoms with E-state index in [0.717, 1.165) is 23.3 Å². The lowest BCUT2D eigenvalue weighted by atomic mass is 9.98. The van der Waals surface area contributed by atoms with E-state index in [9.17, 15) is 0 Å². The van der Waals surface area contributed by atoms with Crippen LogP contribution >= 0.6 is 23.5 Å². The summed E-state index contributed by atoms with van der Waals surface area (Å²) in [6, 6.07) is 0. The summed E-state index contributed by atoms with van der Waals surface area (Å²) < 4.78 is 20.2. The van der Waals surface area contributed by atoms with Crippen LogP contribution in [0.2, 0.25) is 36.3 Å². The second kappa shape index (κ2) is 13.5. The molecule has 0 aromatic carbocycles. The second-order valence-electron chi connectivity index (χ2n) is 13.1. The summed E-state index contributed by atoms with van der Waals surface area (Å²) in [6.45, 7) is 28.6. The molecule has 0 saturated carbocycles. The Balaban J connectivity index is 2.89. The number of thioether (sulfide) groups is 2. The molecule has 0 unspecified atom stereocenters. The smallest absolute Gasteiger partial charge is 0.192 e. The van der Waals surface area contributed by atoms with Gasteiger partial charge < -0.3 is 13.6 Å². The third-order valence-electron chi connectivity index (χ3n) is 8.25. The minimum absolute atomic E-state index is 0.0725. The highest BCUT2D eigenvalue weighted by Crippen LogP contribution is 2.41. The Hall–Kier alpha value is 0.754. The number of hydrogen-bond donors (Lipinski definition) is 0. The topological polar surface area (TPSA) is 27.7 Å². The molecule has 202 valence electrons. The van der Waals surface area contributed by atoms with Gasteiger partial charge in [-0.1, -0.05) is 54.5 Å².